The predicted molar refractivity (Wildman–Crippen MR) is 104 cm³/mol. The van der Waals surface area contributed by atoms with Crippen LogP contribution in [0.5, 0.6) is 0 Å². The molecule has 0 amide bonds. The predicted octanol–water partition coefficient (Wildman–Crippen LogP) is 6.49. The second-order valence-electron chi connectivity index (χ2n) is 10.5. The van der Waals surface area contributed by atoms with Crippen LogP contribution in [0.2, 0.25) is 0 Å². The molecule has 2 aliphatic carbocycles. The largest absolute Gasteiger partial charge is 0.518 e. The van der Waals surface area contributed by atoms with Crippen molar-refractivity contribution in [1.29, 1.82) is 0 Å². The van der Waals surface area contributed by atoms with Crippen LogP contribution in [0.4, 0.5) is 9.59 Å². The van der Waals surface area contributed by atoms with E-state index in [-0.39, 0.29) is 23.0 Å². The van der Waals surface area contributed by atoms with Crippen LogP contribution in [0, 0.1) is 22.7 Å². The van der Waals surface area contributed by atoms with E-state index in [1.54, 1.807) is 0 Å². The molecule has 0 radical (unpaired) electrons. The van der Waals surface area contributed by atoms with Gasteiger partial charge in [0, 0.05) is 0 Å². The van der Waals surface area contributed by atoms with E-state index in [9.17, 15) is 9.59 Å². The Bertz CT molecular complexity index is 452. The normalized spacial score (nSPS) is 29.7. The van der Waals surface area contributed by atoms with Crippen LogP contribution in [0.3, 0.4) is 0 Å². The minimum Gasteiger partial charge on any atom is -0.431 e. The maximum absolute atomic E-state index is 11.9. The maximum Gasteiger partial charge on any atom is 0.518 e. The summed E-state index contributed by atoms with van der Waals surface area (Å²) in [5, 5.41) is 0. The van der Waals surface area contributed by atoms with Gasteiger partial charge in [-0.3, -0.25) is 0 Å². The fraction of sp³-hybridized carbons (Fsp3) is 0.909. The van der Waals surface area contributed by atoms with Crippen LogP contribution >= 0.6 is 0 Å². The fourth-order valence-corrected chi connectivity index (χ4v) is 4.48. The Labute approximate surface area is 164 Å². The number of hydrogen-bond donors (Lipinski definition) is 0. The van der Waals surface area contributed by atoms with Gasteiger partial charge in [0.15, 0.2) is 0 Å². The van der Waals surface area contributed by atoms with Crippen LogP contribution in [0.25, 0.3) is 0 Å². The maximum atomic E-state index is 11.9. The second kappa shape index (κ2) is 8.83. The van der Waals surface area contributed by atoms with Gasteiger partial charge in [-0.1, -0.05) is 41.5 Å². The van der Waals surface area contributed by atoms with Gasteiger partial charge in [0.25, 0.3) is 0 Å². The van der Waals surface area contributed by atoms with E-state index in [1.807, 2.05) is 0 Å². The van der Waals surface area contributed by atoms with Gasteiger partial charge in [-0.05, 0) is 74.0 Å². The first-order valence-corrected chi connectivity index (χ1v) is 10.5. The summed E-state index contributed by atoms with van der Waals surface area (Å²) >= 11 is 0. The summed E-state index contributed by atoms with van der Waals surface area (Å²) in [6.07, 6.45) is 5.23. The summed E-state index contributed by atoms with van der Waals surface area (Å²) in [4.78, 5) is 23.8. The average molecular weight is 383 g/mol. The highest BCUT2D eigenvalue weighted by atomic mass is 16.8. The van der Waals surface area contributed by atoms with Gasteiger partial charge in [-0.25, -0.2) is 9.59 Å². The van der Waals surface area contributed by atoms with Crippen molar-refractivity contribution in [1.82, 2.24) is 0 Å². The minimum atomic E-state index is -0.928. The summed E-state index contributed by atoms with van der Waals surface area (Å²) in [7, 11) is 0. The first kappa shape index (κ1) is 22.0. The molecule has 2 saturated carbocycles. The third-order valence-corrected chi connectivity index (χ3v) is 6.49. The molecule has 0 aromatic rings. The monoisotopic (exact) mass is 382 g/mol. The molecule has 2 fully saturated rings. The summed E-state index contributed by atoms with van der Waals surface area (Å²) < 4.78 is 15.3. The number of carbonyl (C=O) groups is 2. The second-order valence-corrected chi connectivity index (χ2v) is 10.5. The van der Waals surface area contributed by atoms with Gasteiger partial charge in [-0.2, -0.15) is 0 Å². The first-order chi connectivity index (χ1) is 12.4. The molecule has 5 nitrogen and oxygen atoms in total. The first-order valence-electron chi connectivity index (χ1n) is 10.5. The van der Waals surface area contributed by atoms with Crippen LogP contribution in [0.15, 0.2) is 0 Å². The average Bonchev–Trinajstić information content (AvgIpc) is 2.53. The lowest BCUT2D eigenvalue weighted by Gasteiger charge is -2.36. The Kier molecular flexibility index (Phi) is 7.20. The van der Waals surface area contributed by atoms with Crippen molar-refractivity contribution >= 4 is 12.3 Å². The van der Waals surface area contributed by atoms with E-state index in [2.05, 4.69) is 41.5 Å². The van der Waals surface area contributed by atoms with E-state index >= 15 is 0 Å². The number of hydrogen-bond acceptors (Lipinski definition) is 5. The van der Waals surface area contributed by atoms with Gasteiger partial charge in [0.2, 0.25) is 0 Å². The van der Waals surface area contributed by atoms with E-state index in [4.69, 9.17) is 14.2 Å². The standard InChI is InChI=1S/C22H38O5/c1-21(2,3)15-7-11-17(12-8-15)25-19(23)27-20(24)26-18-13-9-16(10-14-18)22(4,5)6/h15-18H,7-14H2,1-6H3. The van der Waals surface area contributed by atoms with Gasteiger partial charge in [-0.15, -0.1) is 0 Å². The smallest absolute Gasteiger partial charge is 0.431 e. The highest BCUT2D eigenvalue weighted by Gasteiger charge is 2.33. The molecular weight excluding hydrogens is 344 g/mol. The van der Waals surface area contributed by atoms with Crippen molar-refractivity contribution in [3.8, 4) is 0 Å². The molecule has 2 aliphatic rings. The lowest BCUT2D eigenvalue weighted by atomic mass is 9.72. The van der Waals surface area contributed by atoms with E-state index in [0.717, 1.165) is 51.4 Å². The topological polar surface area (TPSA) is 61.8 Å². The molecule has 0 saturated heterocycles. The molecule has 156 valence electrons. The minimum absolute atomic E-state index is 0.161. The van der Waals surface area contributed by atoms with Crippen molar-refractivity contribution in [3.63, 3.8) is 0 Å². The van der Waals surface area contributed by atoms with E-state index < -0.39 is 12.3 Å². The zero-order valence-electron chi connectivity index (χ0n) is 18.0. The number of carbonyl (C=O) groups excluding carboxylic acids is 2. The molecule has 0 bridgehead atoms. The molecular formula is C22H38O5. The zero-order valence-corrected chi connectivity index (χ0v) is 18.0. The van der Waals surface area contributed by atoms with Crippen molar-refractivity contribution in [2.45, 2.75) is 105 Å². The summed E-state index contributed by atoms with van der Waals surface area (Å²) in [6, 6.07) is 0. The fourth-order valence-electron chi connectivity index (χ4n) is 4.48. The van der Waals surface area contributed by atoms with Crippen molar-refractivity contribution in [3.05, 3.63) is 0 Å². The molecule has 0 unspecified atom stereocenters. The third kappa shape index (κ3) is 7.00. The SMILES string of the molecule is CC(C)(C)C1CCC(OC(=O)OC(=O)OC2CCC(C(C)(C)C)CC2)CC1. The number of ether oxygens (including phenoxy) is 3. The Morgan fingerprint density at radius 1 is 0.593 bits per heavy atom. The van der Waals surface area contributed by atoms with Crippen LogP contribution in [0.1, 0.15) is 92.9 Å². The molecule has 0 aromatic carbocycles. The summed E-state index contributed by atoms with van der Waals surface area (Å²) in [6.45, 7) is 13.5. The lowest BCUT2D eigenvalue weighted by molar-refractivity contribution is -0.0218. The van der Waals surface area contributed by atoms with Crippen molar-refractivity contribution in [2.24, 2.45) is 22.7 Å². The summed E-state index contributed by atoms with van der Waals surface area (Å²) in [5.41, 5.74) is 0.558. The molecule has 0 spiro atoms. The van der Waals surface area contributed by atoms with Gasteiger partial charge in [0.1, 0.15) is 12.2 Å². The Balaban J connectivity index is 1.66. The van der Waals surface area contributed by atoms with Crippen molar-refractivity contribution in [2.75, 3.05) is 0 Å². The van der Waals surface area contributed by atoms with Gasteiger partial charge in [0.05, 0.1) is 0 Å². The zero-order chi connectivity index (χ0) is 20.2. The third-order valence-electron chi connectivity index (χ3n) is 6.49. The van der Waals surface area contributed by atoms with Gasteiger partial charge < -0.3 is 14.2 Å². The Morgan fingerprint density at radius 2 is 0.889 bits per heavy atom. The molecule has 0 aromatic heterocycles. The van der Waals surface area contributed by atoms with Crippen LogP contribution in [-0.4, -0.2) is 24.5 Å². The summed E-state index contributed by atoms with van der Waals surface area (Å²) in [5.74, 6) is 1.28. The molecule has 5 heteroatoms. The molecule has 0 atom stereocenters. The molecule has 0 N–H and O–H groups in total. The lowest BCUT2D eigenvalue weighted by Crippen LogP contribution is -2.32. The molecule has 2 rings (SSSR count). The quantitative estimate of drug-likeness (QED) is 0.404. The van der Waals surface area contributed by atoms with Gasteiger partial charge >= 0.3 is 12.3 Å². The Morgan fingerprint density at radius 3 is 1.15 bits per heavy atom. The van der Waals surface area contributed by atoms with Crippen LogP contribution < -0.4 is 0 Å². The molecule has 27 heavy (non-hydrogen) atoms. The van der Waals surface area contributed by atoms with E-state index in [1.165, 1.54) is 0 Å². The van der Waals surface area contributed by atoms with Crippen molar-refractivity contribution < 1.29 is 23.8 Å². The number of rotatable bonds is 2. The van der Waals surface area contributed by atoms with Crippen LogP contribution in [-0.2, 0) is 14.2 Å². The molecule has 0 aliphatic heterocycles. The highest BCUT2D eigenvalue weighted by Crippen LogP contribution is 2.39. The van der Waals surface area contributed by atoms with E-state index in [0.29, 0.717) is 11.8 Å². The Hall–Kier alpha value is -1.26. The molecule has 0 heterocycles. The highest BCUT2D eigenvalue weighted by molar-refractivity contribution is 5.77.